The molecular formula is C11H24N2O2S. The average molecular weight is 248 g/mol. The first-order valence-electron chi connectivity index (χ1n) is 6.19. The Bertz CT molecular complexity index is 303. The van der Waals surface area contributed by atoms with Crippen LogP contribution >= 0.6 is 0 Å². The average Bonchev–Trinajstić information content (AvgIpc) is 2.65. The molecule has 0 aromatic heterocycles. The van der Waals surface area contributed by atoms with Crippen LogP contribution in [-0.4, -0.2) is 56.1 Å². The molecular weight excluding hydrogens is 224 g/mol. The van der Waals surface area contributed by atoms with Gasteiger partial charge >= 0.3 is 0 Å². The molecule has 0 amide bonds. The highest BCUT2D eigenvalue weighted by atomic mass is 32.2. The molecule has 1 unspecified atom stereocenters. The van der Waals surface area contributed by atoms with Crippen LogP contribution < -0.4 is 0 Å². The Morgan fingerprint density at radius 2 is 2.06 bits per heavy atom. The molecule has 1 aliphatic rings. The molecule has 0 saturated carbocycles. The van der Waals surface area contributed by atoms with Crippen LogP contribution in [-0.2, 0) is 10.0 Å². The summed E-state index contributed by atoms with van der Waals surface area (Å²) >= 11 is 0. The highest BCUT2D eigenvalue weighted by Gasteiger charge is 2.27. The number of hydrogen-bond acceptors (Lipinski definition) is 3. The van der Waals surface area contributed by atoms with Gasteiger partial charge in [0.15, 0.2) is 0 Å². The molecule has 1 saturated heterocycles. The molecule has 1 atom stereocenters. The highest BCUT2D eigenvalue weighted by Crippen LogP contribution is 2.18. The molecule has 0 N–H and O–H groups in total. The molecule has 96 valence electrons. The SMILES string of the molecule is CCCS(=O)(=O)N(C)CC1CCCN1CC. The predicted molar refractivity (Wildman–Crippen MR) is 67.0 cm³/mol. The molecule has 1 aliphatic heterocycles. The summed E-state index contributed by atoms with van der Waals surface area (Å²) in [6.07, 6.45) is 3.01. The van der Waals surface area contributed by atoms with E-state index >= 15 is 0 Å². The van der Waals surface area contributed by atoms with E-state index in [1.165, 1.54) is 10.7 Å². The maximum Gasteiger partial charge on any atom is 0.213 e. The predicted octanol–water partition coefficient (Wildman–Crippen LogP) is 1.14. The molecule has 1 fully saturated rings. The number of hydrogen-bond donors (Lipinski definition) is 0. The largest absolute Gasteiger partial charge is 0.299 e. The molecule has 0 bridgehead atoms. The second-order valence-corrected chi connectivity index (χ2v) is 6.72. The van der Waals surface area contributed by atoms with Gasteiger partial charge in [-0.1, -0.05) is 13.8 Å². The van der Waals surface area contributed by atoms with Crippen molar-refractivity contribution in [2.24, 2.45) is 0 Å². The van der Waals surface area contributed by atoms with Crippen LogP contribution in [0.1, 0.15) is 33.1 Å². The quantitative estimate of drug-likeness (QED) is 0.708. The number of rotatable bonds is 6. The Hall–Kier alpha value is -0.130. The van der Waals surface area contributed by atoms with Gasteiger partial charge in [0.2, 0.25) is 10.0 Å². The van der Waals surface area contributed by atoms with Crippen LogP contribution in [0.15, 0.2) is 0 Å². The molecule has 4 nitrogen and oxygen atoms in total. The van der Waals surface area contributed by atoms with E-state index in [1.54, 1.807) is 7.05 Å². The van der Waals surface area contributed by atoms with Gasteiger partial charge in [0.05, 0.1) is 5.75 Å². The first kappa shape index (κ1) is 13.9. The fourth-order valence-corrected chi connectivity index (χ4v) is 3.57. The maximum atomic E-state index is 11.8. The van der Waals surface area contributed by atoms with Crippen molar-refractivity contribution in [2.75, 3.05) is 32.4 Å². The lowest BCUT2D eigenvalue weighted by Gasteiger charge is -2.27. The monoisotopic (exact) mass is 248 g/mol. The van der Waals surface area contributed by atoms with Crippen LogP contribution in [0, 0.1) is 0 Å². The minimum Gasteiger partial charge on any atom is -0.299 e. The Kier molecular flexibility index (Phi) is 5.21. The third kappa shape index (κ3) is 3.43. The molecule has 0 radical (unpaired) electrons. The summed E-state index contributed by atoms with van der Waals surface area (Å²) in [7, 11) is -1.32. The van der Waals surface area contributed by atoms with Crippen LogP contribution in [0.4, 0.5) is 0 Å². The van der Waals surface area contributed by atoms with Crippen LogP contribution in [0.2, 0.25) is 0 Å². The number of sulfonamides is 1. The van der Waals surface area contributed by atoms with Gasteiger partial charge < -0.3 is 0 Å². The molecule has 1 rings (SSSR count). The number of likely N-dealkylation sites (tertiary alicyclic amines) is 1. The van der Waals surface area contributed by atoms with E-state index in [4.69, 9.17) is 0 Å². The van der Waals surface area contributed by atoms with Gasteiger partial charge in [-0.05, 0) is 32.4 Å². The number of likely N-dealkylation sites (N-methyl/N-ethyl adjacent to an activating group) is 2. The normalized spacial score (nSPS) is 23.1. The third-order valence-corrected chi connectivity index (χ3v) is 5.33. The van der Waals surface area contributed by atoms with E-state index < -0.39 is 10.0 Å². The van der Waals surface area contributed by atoms with Crippen molar-refractivity contribution in [1.82, 2.24) is 9.21 Å². The van der Waals surface area contributed by atoms with Crippen molar-refractivity contribution < 1.29 is 8.42 Å². The van der Waals surface area contributed by atoms with E-state index in [9.17, 15) is 8.42 Å². The van der Waals surface area contributed by atoms with Gasteiger partial charge in [0.25, 0.3) is 0 Å². The first-order chi connectivity index (χ1) is 7.51. The van der Waals surface area contributed by atoms with Crippen molar-refractivity contribution >= 4 is 10.0 Å². The molecule has 5 heteroatoms. The standard InChI is InChI=1S/C11H24N2O2S/c1-4-9-16(14,15)12(3)10-11-7-6-8-13(11)5-2/h11H,4-10H2,1-3H3. The van der Waals surface area contributed by atoms with Crippen LogP contribution in [0.25, 0.3) is 0 Å². The third-order valence-electron chi connectivity index (χ3n) is 3.31. The molecule has 0 aliphatic carbocycles. The van der Waals surface area contributed by atoms with Crippen LogP contribution in [0.5, 0.6) is 0 Å². The lowest BCUT2D eigenvalue weighted by molar-refractivity contribution is 0.237. The summed E-state index contributed by atoms with van der Waals surface area (Å²) in [5, 5.41) is 0. The summed E-state index contributed by atoms with van der Waals surface area (Å²) in [4.78, 5) is 2.37. The van der Waals surface area contributed by atoms with E-state index in [-0.39, 0.29) is 5.75 Å². The second kappa shape index (κ2) is 5.98. The summed E-state index contributed by atoms with van der Waals surface area (Å²) in [6, 6.07) is 0.418. The van der Waals surface area contributed by atoms with E-state index in [0.717, 1.165) is 19.5 Å². The highest BCUT2D eigenvalue weighted by molar-refractivity contribution is 7.89. The minimum absolute atomic E-state index is 0.266. The topological polar surface area (TPSA) is 40.6 Å². The fourth-order valence-electron chi connectivity index (χ4n) is 2.34. The zero-order chi connectivity index (χ0) is 12.2. The first-order valence-corrected chi connectivity index (χ1v) is 7.80. The summed E-state index contributed by atoms with van der Waals surface area (Å²) in [5.74, 6) is 0.266. The van der Waals surface area contributed by atoms with Gasteiger partial charge in [-0.3, -0.25) is 4.90 Å². The van der Waals surface area contributed by atoms with Crippen molar-refractivity contribution in [3.8, 4) is 0 Å². The van der Waals surface area contributed by atoms with Crippen molar-refractivity contribution in [3.63, 3.8) is 0 Å². The molecule has 1 heterocycles. The van der Waals surface area contributed by atoms with Gasteiger partial charge in [-0.25, -0.2) is 12.7 Å². The maximum absolute atomic E-state index is 11.8. The summed E-state index contributed by atoms with van der Waals surface area (Å²) < 4.78 is 25.2. The lowest BCUT2D eigenvalue weighted by Crippen LogP contribution is -2.41. The van der Waals surface area contributed by atoms with E-state index in [2.05, 4.69) is 11.8 Å². The molecule has 0 spiro atoms. The lowest BCUT2D eigenvalue weighted by atomic mass is 10.2. The Labute approximate surface area is 99.7 Å². The van der Waals surface area contributed by atoms with E-state index in [0.29, 0.717) is 19.0 Å². The molecule has 16 heavy (non-hydrogen) atoms. The van der Waals surface area contributed by atoms with Gasteiger partial charge in [-0.2, -0.15) is 0 Å². The minimum atomic E-state index is -3.02. The fraction of sp³-hybridized carbons (Fsp3) is 1.00. The van der Waals surface area contributed by atoms with Crippen molar-refractivity contribution in [1.29, 1.82) is 0 Å². The van der Waals surface area contributed by atoms with Gasteiger partial charge in [0, 0.05) is 19.6 Å². The summed E-state index contributed by atoms with van der Waals surface area (Å²) in [5.41, 5.74) is 0. The van der Waals surface area contributed by atoms with Crippen molar-refractivity contribution in [3.05, 3.63) is 0 Å². The Morgan fingerprint density at radius 3 is 2.62 bits per heavy atom. The molecule has 0 aromatic rings. The molecule has 0 aromatic carbocycles. The summed E-state index contributed by atoms with van der Waals surface area (Å²) in [6.45, 7) is 6.82. The van der Waals surface area contributed by atoms with E-state index in [1.807, 2.05) is 6.92 Å². The Balaban J connectivity index is 2.53. The smallest absolute Gasteiger partial charge is 0.213 e. The van der Waals surface area contributed by atoms with Crippen LogP contribution in [0.3, 0.4) is 0 Å². The zero-order valence-corrected chi connectivity index (χ0v) is 11.5. The van der Waals surface area contributed by atoms with Gasteiger partial charge in [0.1, 0.15) is 0 Å². The Morgan fingerprint density at radius 1 is 1.38 bits per heavy atom. The zero-order valence-electron chi connectivity index (χ0n) is 10.6. The second-order valence-electron chi connectivity index (χ2n) is 4.52. The van der Waals surface area contributed by atoms with Gasteiger partial charge in [-0.15, -0.1) is 0 Å². The van der Waals surface area contributed by atoms with Crippen molar-refractivity contribution in [2.45, 2.75) is 39.2 Å². The number of nitrogens with zero attached hydrogens (tertiary/aromatic N) is 2.